The first-order chi connectivity index (χ1) is 8.10. The summed E-state index contributed by atoms with van der Waals surface area (Å²) in [6.45, 7) is 0. The molecule has 0 radical (unpaired) electrons. The van der Waals surface area contributed by atoms with Gasteiger partial charge in [0, 0.05) is 12.6 Å². The molecule has 0 aromatic rings. The Hall–Kier alpha value is -1.13. The lowest BCUT2D eigenvalue weighted by Crippen LogP contribution is -2.61. The molecule has 1 N–H and O–H groups in total. The predicted molar refractivity (Wildman–Crippen MR) is 63.0 cm³/mol. The molecule has 5 nitrogen and oxygen atoms in total. The largest absolute Gasteiger partial charge is 0.340 e. The predicted octanol–water partition coefficient (Wildman–Crippen LogP) is 2.28. The standard InChI is InChI=1S/C12H19N3O2/c1-15(14-17)11(16)13-12-5-8-2-9(6-12)4-10(3-8)7-12/h8-10H,2-7H2,1H3,(H,13,16). The average Bonchev–Trinajstić information content (AvgIpc) is 2.25. The van der Waals surface area contributed by atoms with Gasteiger partial charge >= 0.3 is 6.03 Å². The van der Waals surface area contributed by atoms with Gasteiger partial charge in [-0.15, -0.1) is 4.91 Å². The topological polar surface area (TPSA) is 61.8 Å². The van der Waals surface area contributed by atoms with Gasteiger partial charge in [0.05, 0.1) is 5.29 Å². The third-order valence-electron chi connectivity index (χ3n) is 4.83. The molecule has 0 aromatic carbocycles. The number of amides is 2. The molecule has 0 saturated heterocycles. The highest BCUT2D eigenvalue weighted by molar-refractivity contribution is 5.74. The molecule has 0 spiro atoms. The van der Waals surface area contributed by atoms with Gasteiger partial charge in [-0.1, -0.05) is 0 Å². The first-order valence-electron chi connectivity index (χ1n) is 6.49. The van der Waals surface area contributed by atoms with Gasteiger partial charge in [-0.2, -0.15) is 5.01 Å². The molecule has 4 saturated carbocycles. The summed E-state index contributed by atoms with van der Waals surface area (Å²) in [6.07, 6.45) is 7.32. The van der Waals surface area contributed by atoms with Crippen molar-refractivity contribution in [2.75, 3.05) is 7.05 Å². The van der Waals surface area contributed by atoms with Gasteiger partial charge in [0.1, 0.15) is 0 Å². The summed E-state index contributed by atoms with van der Waals surface area (Å²) in [6, 6.07) is -0.345. The van der Waals surface area contributed by atoms with Crippen molar-refractivity contribution in [3.05, 3.63) is 4.91 Å². The first-order valence-corrected chi connectivity index (χ1v) is 6.49. The van der Waals surface area contributed by atoms with Crippen LogP contribution in [0.4, 0.5) is 4.79 Å². The van der Waals surface area contributed by atoms with E-state index in [1.807, 2.05) is 0 Å². The number of hydrogen-bond acceptors (Lipinski definition) is 3. The number of nitrogens with one attached hydrogen (secondary N) is 1. The summed E-state index contributed by atoms with van der Waals surface area (Å²) in [5.41, 5.74) is -0.0369. The molecule has 2 amide bonds. The van der Waals surface area contributed by atoms with Gasteiger partial charge < -0.3 is 5.32 Å². The Labute approximate surface area is 101 Å². The van der Waals surface area contributed by atoms with Crippen LogP contribution in [-0.4, -0.2) is 23.6 Å². The Morgan fingerprint density at radius 3 is 2.06 bits per heavy atom. The second-order valence-electron chi connectivity index (χ2n) is 6.23. The van der Waals surface area contributed by atoms with Crippen LogP contribution in [0.2, 0.25) is 0 Å². The van der Waals surface area contributed by atoms with Crippen molar-refractivity contribution >= 4 is 6.03 Å². The molecule has 5 heteroatoms. The fraction of sp³-hybridized carbons (Fsp3) is 0.917. The van der Waals surface area contributed by atoms with Crippen LogP contribution in [0.3, 0.4) is 0 Å². The minimum atomic E-state index is -0.345. The Bertz CT molecular complexity index is 320. The Morgan fingerprint density at radius 1 is 1.18 bits per heavy atom. The summed E-state index contributed by atoms with van der Waals surface area (Å²) >= 11 is 0. The van der Waals surface area contributed by atoms with E-state index in [9.17, 15) is 9.70 Å². The quantitative estimate of drug-likeness (QED) is 0.591. The molecule has 0 unspecified atom stereocenters. The molecule has 4 aliphatic rings. The zero-order chi connectivity index (χ0) is 12.0. The van der Waals surface area contributed by atoms with E-state index >= 15 is 0 Å². The molecule has 4 aliphatic carbocycles. The van der Waals surface area contributed by atoms with Crippen molar-refractivity contribution in [3.8, 4) is 0 Å². The molecule has 17 heavy (non-hydrogen) atoms. The molecular weight excluding hydrogens is 218 g/mol. The molecular formula is C12H19N3O2. The summed E-state index contributed by atoms with van der Waals surface area (Å²) < 4.78 is 0. The minimum absolute atomic E-state index is 0.0369. The zero-order valence-corrected chi connectivity index (χ0v) is 10.2. The number of nitroso groups, excluding NO2 is 1. The van der Waals surface area contributed by atoms with Gasteiger partial charge in [0.25, 0.3) is 0 Å². The maximum atomic E-state index is 11.8. The van der Waals surface area contributed by atoms with Crippen molar-refractivity contribution in [3.63, 3.8) is 0 Å². The summed E-state index contributed by atoms with van der Waals surface area (Å²) in [4.78, 5) is 22.1. The van der Waals surface area contributed by atoms with E-state index in [0.29, 0.717) is 0 Å². The molecule has 4 rings (SSSR count). The zero-order valence-electron chi connectivity index (χ0n) is 10.2. The van der Waals surface area contributed by atoms with Crippen LogP contribution < -0.4 is 5.32 Å². The van der Waals surface area contributed by atoms with E-state index < -0.39 is 0 Å². The van der Waals surface area contributed by atoms with Crippen LogP contribution >= 0.6 is 0 Å². The van der Waals surface area contributed by atoms with E-state index in [0.717, 1.165) is 42.0 Å². The highest BCUT2D eigenvalue weighted by atomic mass is 16.3. The number of urea groups is 1. The molecule has 94 valence electrons. The summed E-state index contributed by atoms with van der Waals surface area (Å²) in [5.74, 6) is 2.36. The molecule has 0 heterocycles. The molecule has 4 bridgehead atoms. The van der Waals surface area contributed by atoms with Crippen LogP contribution in [0.1, 0.15) is 38.5 Å². The van der Waals surface area contributed by atoms with Crippen LogP contribution in [0.15, 0.2) is 5.29 Å². The summed E-state index contributed by atoms with van der Waals surface area (Å²) in [5, 5.41) is 6.59. The van der Waals surface area contributed by atoms with Crippen LogP contribution in [0, 0.1) is 22.7 Å². The lowest BCUT2D eigenvalue weighted by Gasteiger charge is -2.56. The monoisotopic (exact) mass is 237 g/mol. The van der Waals surface area contributed by atoms with E-state index in [1.165, 1.54) is 26.3 Å². The van der Waals surface area contributed by atoms with Crippen molar-refractivity contribution in [1.82, 2.24) is 10.3 Å². The Balaban J connectivity index is 1.74. The van der Waals surface area contributed by atoms with E-state index in [-0.39, 0.29) is 11.6 Å². The highest BCUT2D eigenvalue weighted by Gasteiger charge is 2.51. The SMILES string of the molecule is CN(N=O)C(=O)NC12CC3CC(CC(C3)C1)C2. The smallest absolute Gasteiger partial charge is 0.331 e. The van der Waals surface area contributed by atoms with Crippen molar-refractivity contribution in [1.29, 1.82) is 0 Å². The van der Waals surface area contributed by atoms with Crippen LogP contribution in [-0.2, 0) is 0 Å². The number of rotatable bonds is 2. The summed E-state index contributed by atoms with van der Waals surface area (Å²) in [7, 11) is 1.41. The molecule has 4 fully saturated rings. The fourth-order valence-electron chi connectivity index (χ4n) is 4.61. The Morgan fingerprint density at radius 2 is 1.65 bits per heavy atom. The first kappa shape index (κ1) is 11.0. The molecule has 0 atom stereocenters. The van der Waals surface area contributed by atoms with E-state index in [1.54, 1.807) is 0 Å². The van der Waals surface area contributed by atoms with Crippen LogP contribution in [0.25, 0.3) is 0 Å². The lowest BCUT2D eigenvalue weighted by atomic mass is 9.53. The number of hydrogen-bond donors (Lipinski definition) is 1. The maximum absolute atomic E-state index is 11.8. The van der Waals surface area contributed by atoms with Crippen molar-refractivity contribution in [2.24, 2.45) is 23.0 Å². The fourth-order valence-corrected chi connectivity index (χ4v) is 4.61. The minimum Gasteiger partial charge on any atom is -0.331 e. The Kier molecular flexibility index (Phi) is 2.38. The van der Waals surface area contributed by atoms with Gasteiger partial charge in [-0.05, 0) is 56.3 Å². The van der Waals surface area contributed by atoms with Gasteiger partial charge in [0.2, 0.25) is 0 Å². The third kappa shape index (κ3) is 1.81. The second-order valence-corrected chi connectivity index (χ2v) is 6.23. The lowest BCUT2D eigenvalue weighted by molar-refractivity contribution is -0.0152. The highest BCUT2D eigenvalue weighted by Crippen LogP contribution is 2.55. The second kappa shape index (κ2) is 3.68. The number of carbonyl (C=O) groups excluding carboxylic acids is 1. The van der Waals surface area contributed by atoms with E-state index in [2.05, 4.69) is 10.6 Å². The number of carbonyl (C=O) groups is 1. The van der Waals surface area contributed by atoms with Gasteiger partial charge in [0.15, 0.2) is 0 Å². The van der Waals surface area contributed by atoms with Gasteiger partial charge in [-0.25, -0.2) is 4.79 Å². The maximum Gasteiger partial charge on any atom is 0.340 e. The van der Waals surface area contributed by atoms with Gasteiger partial charge in [-0.3, -0.25) is 0 Å². The molecule has 0 aromatic heterocycles. The molecule has 0 aliphatic heterocycles. The van der Waals surface area contributed by atoms with E-state index in [4.69, 9.17) is 0 Å². The van der Waals surface area contributed by atoms with Crippen LogP contribution in [0.5, 0.6) is 0 Å². The average molecular weight is 237 g/mol. The van der Waals surface area contributed by atoms with Crippen molar-refractivity contribution in [2.45, 2.75) is 44.1 Å². The third-order valence-corrected chi connectivity index (χ3v) is 4.83. The number of nitrogens with zero attached hydrogens (tertiary/aromatic N) is 2. The van der Waals surface area contributed by atoms with Crippen molar-refractivity contribution < 1.29 is 4.79 Å². The normalized spacial score (nSPS) is 42.3.